The second-order valence-electron chi connectivity index (χ2n) is 8.10. The molecule has 3 aliphatic carbocycles. The zero-order chi connectivity index (χ0) is 16.2. The molecule has 0 radical (unpaired) electrons. The lowest BCUT2D eigenvalue weighted by atomic mass is 9.52. The Bertz CT molecular complexity index is 622. The van der Waals surface area contributed by atoms with Gasteiger partial charge in [-0.2, -0.15) is 0 Å². The van der Waals surface area contributed by atoms with E-state index in [0.717, 1.165) is 25.0 Å². The van der Waals surface area contributed by atoms with E-state index < -0.39 is 0 Å². The lowest BCUT2D eigenvalue weighted by Gasteiger charge is -2.52. The van der Waals surface area contributed by atoms with Gasteiger partial charge in [0.25, 0.3) is 0 Å². The summed E-state index contributed by atoms with van der Waals surface area (Å²) in [6.07, 6.45) is 7.62. The number of aliphatic hydroxyl groups is 1. The van der Waals surface area contributed by atoms with E-state index >= 15 is 0 Å². The van der Waals surface area contributed by atoms with Crippen molar-refractivity contribution < 1.29 is 9.84 Å². The fraction of sp³-hybridized carbons (Fsp3) is 0.619. The van der Waals surface area contributed by atoms with Crippen molar-refractivity contribution in [1.82, 2.24) is 0 Å². The van der Waals surface area contributed by atoms with Crippen molar-refractivity contribution in [2.75, 3.05) is 7.11 Å². The van der Waals surface area contributed by atoms with Crippen LogP contribution in [0.3, 0.4) is 0 Å². The van der Waals surface area contributed by atoms with E-state index in [4.69, 9.17) is 4.74 Å². The normalized spacial score (nSPS) is 41.6. The third-order valence-corrected chi connectivity index (χ3v) is 7.29. The van der Waals surface area contributed by atoms with E-state index in [1.807, 2.05) is 0 Å². The molecule has 124 valence electrons. The Labute approximate surface area is 139 Å². The molecule has 1 aromatic rings. The molecule has 2 fully saturated rings. The van der Waals surface area contributed by atoms with Crippen molar-refractivity contribution in [3.05, 3.63) is 42.0 Å². The van der Waals surface area contributed by atoms with Crippen molar-refractivity contribution in [1.29, 1.82) is 0 Å². The summed E-state index contributed by atoms with van der Waals surface area (Å²) < 4.78 is 5.43. The number of aliphatic hydroxyl groups excluding tert-OH is 1. The van der Waals surface area contributed by atoms with E-state index in [-0.39, 0.29) is 11.5 Å². The molecule has 0 heterocycles. The molecule has 3 aliphatic rings. The van der Waals surface area contributed by atoms with Crippen LogP contribution in [0.5, 0.6) is 5.75 Å². The summed E-state index contributed by atoms with van der Waals surface area (Å²) in [5, 5.41) is 10.6. The minimum Gasteiger partial charge on any atom is -0.497 e. The molecule has 1 N–H and O–H groups in total. The first-order valence-corrected chi connectivity index (χ1v) is 9.06. The molecule has 0 bridgehead atoms. The maximum Gasteiger partial charge on any atom is 0.119 e. The summed E-state index contributed by atoms with van der Waals surface area (Å²) in [7, 11) is 1.74. The van der Waals surface area contributed by atoms with Crippen molar-refractivity contribution in [3.8, 4) is 5.75 Å². The summed E-state index contributed by atoms with van der Waals surface area (Å²) in [6.45, 7) is 6.48. The Kier molecular flexibility index (Phi) is 3.57. The highest BCUT2D eigenvalue weighted by Gasteiger charge is 2.56. The van der Waals surface area contributed by atoms with Crippen LogP contribution in [-0.2, 0) is 6.42 Å². The first kappa shape index (κ1) is 15.3. The van der Waals surface area contributed by atoms with Crippen LogP contribution in [0.4, 0.5) is 0 Å². The Morgan fingerprint density at radius 1 is 1.30 bits per heavy atom. The van der Waals surface area contributed by atoms with Crippen LogP contribution >= 0.6 is 0 Å². The van der Waals surface area contributed by atoms with Gasteiger partial charge >= 0.3 is 0 Å². The molecule has 0 aromatic heterocycles. The van der Waals surface area contributed by atoms with E-state index in [1.54, 1.807) is 7.11 Å². The van der Waals surface area contributed by atoms with E-state index in [2.05, 4.69) is 37.8 Å². The average Bonchev–Trinajstić information content (AvgIpc) is 2.88. The molecule has 0 amide bonds. The fourth-order valence-electron chi connectivity index (χ4n) is 6.01. The second-order valence-corrected chi connectivity index (χ2v) is 8.10. The van der Waals surface area contributed by atoms with Crippen LogP contribution in [-0.4, -0.2) is 18.3 Å². The average molecular weight is 312 g/mol. The zero-order valence-electron chi connectivity index (χ0n) is 14.3. The fourth-order valence-corrected chi connectivity index (χ4v) is 6.01. The predicted molar refractivity (Wildman–Crippen MR) is 92.7 cm³/mol. The summed E-state index contributed by atoms with van der Waals surface area (Å²) in [5.41, 5.74) is 3.09. The molecular formula is C21H28O2. The van der Waals surface area contributed by atoms with Gasteiger partial charge in [-0.3, -0.25) is 0 Å². The van der Waals surface area contributed by atoms with Crippen LogP contribution in [0.1, 0.15) is 49.7 Å². The zero-order valence-corrected chi connectivity index (χ0v) is 14.3. The Hall–Kier alpha value is -1.28. The molecule has 1 aromatic carbocycles. The van der Waals surface area contributed by atoms with Gasteiger partial charge in [0, 0.05) is 0 Å². The van der Waals surface area contributed by atoms with Crippen LogP contribution in [0.25, 0.3) is 0 Å². The number of ether oxygens (including phenoxy) is 1. The van der Waals surface area contributed by atoms with Crippen molar-refractivity contribution in [2.45, 2.75) is 51.0 Å². The third kappa shape index (κ3) is 2.11. The third-order valence-electron chi connectivity index (χ3n) is 7.29. The van der Waals surface area contributed by atoms with Gasteiger partial charge in [-0.15, -0.1) is 6.58 Å². The summed E-state index contributed by atoms with van der Waals surface area (Å²) in [6, 6.07) is 6.62. The Balaban J connectivity index is 1.77. The van der Waals surface area contributed by atoms with Crippen molar-refractivity contribution in [3.63, 3.8) is 0 Å². The smallest absolute Gasteiger partial charge is 0.119 e. The lowest BCUT2D eigenvalue weighted by molar-refractivity contribution is -0.0319. The number of benzene rings is 1. The van der Waals surface area contributed by atoms with Crippen molar-refractivity contribution >= 4 is 0 Å². The Morgan fingerprint density at radius 3 is 2.87 bits per heavy atom. The SMILES string of the molecule is C=CC1Cc2cc(OC)ccc2[C@H]2CC[C@]3(C)[C@@H](O)CC[C@H]3[C@H]12. The molecule has 6 atom stereocenters. The number of fused-ring (bicyclic) bond motifs is 5. The summed E-state index contributed by atoms with van der Waals surface area (Å²) in [5.74, 6) is 3.38. The number of hydrogen-bond acceptors (Lipinski definition) is 2. The first-order chi connectivity index (χ1) is 11.1. The van der Waals surface area contributed by atoms with Crippen LogP contribution < -0.4 is 4.74 Å². The van der Waals surface area contributed by atoms with Gasteiger partial charge in [-0.1, -0.05) is 19.1 Å². The molecule has 23 heavy (non-hydrogen) atoms. The van der Waals surface area contributed by atoms with Gasteiger partial charge < -0.3 is 9.84 Å². The molecule has 0 spiro atoms. The molecule has 1 unspecified atom stereocenters. The number of rotatable bonds is 2. The first-order valence-electron chi connectivity index (χ1n) is 9.06. The van der Waals surface area contributed by atoms with E-state index in [9.17, 15) is 5.11 Å². The predicted octanol–water partition coefficient (Wildman–Crippen LogP) is 4.32. The van der Waals surface area contributed by atoms with Gasteiger partial charge in [0.15, 0.2) is 0 Å². The number of allylic oxidation sites excluding steroid dienone is 1. The largest absolute Gasteiger partial charge is 0.497 e. The second kappa shape index (κ2) is 5.37. The highest BCUT2D eigenvalue weighted by Crippen LogP contribution is 2.62. The number of hydrogen-bond donors (Lipinski definition) is 1. The maximum atomic E-state index is 10.6. The summed E-state index contributed by atoms with van der Waals surface area (Å²) in [4.78, 5) is 0. The van der Waals surface area contributed by atoms with Crippen LogP contribution in [0.2, 0.25) is 0 Å². The highest BCUT2D eigenvalue weighted by molar-refractivity contribution is 5.41. The molecule has 2 saturated carbocycles. The van der Waals surface area contributed by atoms with Gasteiger partial charge in [-0.25, -0.2) is 0 Å². The molecule has 2 heteroatoms. The van der Waals surface area contributed by atoms with Gasteiger partial charge in [0.05, 0.1) is 13.2 Å². The molecule has 2 nitrogen and oxygen atoms in total. The van der Waals surface area contributed by atoms with Gasteiger partial charge in [0.1, 0.15) is 5.75 Å². The molecule has 4 rings (SSSR count). The molecular weight excluding hydrogens is 284 g/mol. The van der Waals surface area contributed by atoms with E-state index in [0.29, 0.717) is 23.7 Å². The minimum atomic E-state index is -0.115. The monoisotopic (exact) mass is 312 g/mol. The highest BCUT2D eigenvalue weighted by atomic mass is 16.5. The maximum absolute atomic E-state index is 10.6. The lowest BCUT2D eigenvalue weighted by Crippen LogP contribution is -2.46. The van der Waals surface area contributed by atoms with Gasteiger partial charge in [-0.05, 0) is 84.5 Å². The minimum absolute atomic E-state index is 0.115. The van der Waals surface area contributed by atoms with E-state index in [1.165, 1.54) is 24.0 Å². The number of methoxy groups -OCH3 is 1. The quantitative estimate of drug-likeness (QED) is 0.824. The van der Waals surface area contributed by atoms with Gasteiger partial charge in [0.2, 0.25) is 0 Å². The molecule has 0 aliphatic heterocycles. The van der Waals surface area contributed by atoms with Crippen molar-refractivity contribution in [2.24, 2.45) is 23.2 Å². The van der Waals surface area contributed by atoms with Crippen LogP contribution in [0.15, 0.2) is 30.9 Å². The topological polar surface area (TPSA) is 29.5 Å². The Morgan fingerprint density at radius 2 is 2.13 bits per heavy atom. The standard InChI is InChI=1S/C21H28O2/c1-4-13-11-14-12-15(23-3)5-6-16(14)17-9-10-21(2)18(20(13)17)7-8-19(21)22/h4-6,12-13,17-20,22H,1,7-11H2,2-3H3/t13?,17-,18+,19+,20-,21+/m1/s1. The van der Waals surface area contributed by atoms with Crippen LogP contribution in [0, 0.1) is 23.2 Å². The molecule has 0 saturated heterocycles. The summed E-state index contributed by atoms with van der Waals surface area (Å²) >= 11 is 0.